The molecule has 6 nitrogen and oxygen atoms in total. The molecule has 182 valence electrons. The highest BCUT2D eigenvalue weighted by Crippen LogP contribution is 2.35. The first kappa shape index (κ1) is 24.4. The number of rotatable bonds is 2. The first-order chi connectivity index (χ1) is 16.0. The number of halogens is 1. The van der Waals surface area contributed by atoms with Crippen molar-refractivity contribution < 1.29 is 9.53 Å². The maximum atomic E-state index is 12.5. The predicted molar refractivity (Wildman–Crippen MR) is 140 cm³/mol. The van der Waals surface area contributed by atoms with Crippen molar-refractivity contribution in [2.24, 2.45) is 0 Å². The highest BCUT2D eigenvalue weighted by atomic mass is 35.5. The number of hydrogen-bond donors (Lipinski definition) is 1. The Bertz CT molecular complexity index is 1130. The smallest absolute Gasteiger partial charge is 0.410 e. The van der Waals surface area contributed by atoms with E-state index in [4.69, 9.17) is 21.7 Å². The summed E-state index contributed by atoms with van der Waals surface area (Å²) in [6.45, 7) is 13.3. The topological polar surface area (TPSA) is 59.9 Å². The highest BCUT2D eigenvalue weighted by Gasteiger charge is 2.33. The van der Waals surface area contributed by atoms with E-state index < -0.39 is 5.60 Å². The molecule has 2 aromatic rings. The van der Waals surface area contributed by atoms with Gasteiger partial charge in [-0.1, -0.05) is 35.9 Å². The molecule has 1 fully saturated rings. The molecule has 1 amide bonds. The summed E-state index contributed by atoms with van der Waals surface area (Å²) >= 11 is 6.57. The molecule has 0 aromatic heterocycles. The second-order valence-corrected chi connectivity index (χ2v) is 10.8. The van der Waals surface area contributed by atoms with E-state index in [1.54, 1.807) is 4.90 Å². The van der Waals surface area contributed by atoms with Crippen molar-refractivity contribution >= 4 is 40.0 Å². The summed E-state index contributed by atoms with van der Waals surface area (Å²) in [5.74, 6) is 0.587. The van der Waals surface area contributed by atoms with Crippen molar-refractivity contribution in [2.75, 3.05) is 37.6 Å². The van der Waals surface area contributed by atoms with Crippen LogP contribution in [0.3, 0.4) is 0 Å². The lowest BCUT2D eigenvalue weighted by molar-refractivity contribution is 0.00767. The van der Waals surface area contributed by atoms with Crippen LogP contribution in [0.1, 0.15) is 41.0 Å². The standard InChI is InChI=1S/C27H35ClN4O2/c1-18-16-30(23-11-7-9-20-8-6-10-22(28)24(20)23)13-12-21(18)25(29)31-14-15-32(19(2)17-31)26(33)34-27(3,4)5/h6-11,19,29H,12-17H2,1-5H3/t19-/m0/s1. The molecule has 2 aromatic carbocycles. The average Bonchev–Trinajstić information content (AvgIpc) is 2.77. The van der Waals surface area contributed by atoms with Gasteiger partial charge >= 0.3 is 6.09 Å². The molecule has 2 heterocycles. The molecule has 34 heavy (non-hydrogen) atoms. The van der Waals surface area contributed by atoms with Crippen LogP contribution in [0.4, 0.5) is 10.5 Å². The summed E-state index contributed by atoms with van der Waals surface area (Å²) < 4.78 is 5.56. The summed E-state index contributed by atoms with van der Waals surface area (Å²) in [5.41, 5.74) is 2.96. The van der Waals surface area contributed by atoms with Crippen LogP contribution < -0.4 is 4.90 Å². The van der Waals surface area contributed by atoms with Gasteiger partial charge in [-0.05, 0) is 69.7 Å². The number of ether oxygens (including phenoxy) is 1. The van der Waals surface area contributed by atoms with Gasteiger partial charge in [-0.2, -0.15) is 0 Å². The van der Waals surface area contributed by atoms with E-state index in [1.165, 1.54) is 5.57 Å². The van der Waals surface area contributed by atoms with Crippen molar-refractivity contribution in [2.45, 2.75) is 52.7 Å². The van der Waals surface area contributed by atoms with Gasteiger partial charge in [-0.15, -0.1) is 0 Å². The van der Waals surface area contributed by atoms with Crippen molar-refractivity contribution in [1.29, 1.82) is 5.41 Å². The highest BCUT2D eigenvalue weighted by molar-refractivity contribution is 6.36. The minimum absolute atomic E-state index is 0.0113. The number of carbonyl (C=O) groups is 1. The Morgan fingerprint density at radius 3 is 2.47 bits per heavy atom. The van der Waals surface area contributed by atoms with E-state index in [0.29, 0.717) is 25.5 Å². The average molecular weight is 483 g/mol. The van der Waals surface area contributed by atoms with Crippen LogP contribution in [0, 0.1) is 5.41 Å². The Morgan fingerprint density at radius 1 is 1.12 bits per heavy atom. The van der Waals surface area contributed by atoms with Crippen LogP contribution in [0.2, 0.25) is 5.02 Å². The number of benzene rings is 2. The van der Waals surface area contributed by atoms with Crippen LogP contribution in [-0.2, 0) is 4.74 Å². The molecule has 0 unspecified atom stereocenters. The maximum absolute atomic E-state index is 12.5. The molecule has 2 aliphatic rings. The van der Waals surface area contributed by atoms with Crippen LogP contribution in [0.15, 0.2) is 47.5 Å². The molecule has 2 aliphatic heterocycles. The van der Waals surface area contributed by atoms with Crippen LogP contribution >= 0.6 is 11.6 Å². The Morgan fingerprint density at radius 2 is 1.82 bits per heavy atom. The minimum atomic E-state index is -0.509. The summed E-state index contributed by atoms with van der Waals surface area (Å²) in [4.78, 5) is 18.8. The van der Waals surface area contributed by atoms with Crippen molar-refractivity contribution in [3.8, 4) is 0 Å². The van der Waals surface area contributed by atoms with Crippen molar-refractivity contribution in [1.82, 2.24) is 9.80 Å². The first-order valence-electron chi connectivity index (χ1n) is 12.0. The Balaban J connectivity index is 1.46. The molecule has 7 heteroatoms. The normalized spacial score (nSPS) is 19.6. The van der Waals surface area contributed by atoms with Crippen LogP contribution in [0.5, 0.6) is 0 Å². The monoisotopic (exact) mass is 482 g/mol. The Hall–Kier alpha value is -2.73. The zero-order valence-electron chi connectivity index (χ0n) is 20.8. The van der Waals surface area contributed by atoms with Crippen molar-refractivity contribution in [3.63, 3.8) is 0 Å². The van der Waals surface area contributed by atoms with E-state index in [-0.39, 0.29) is 12.1 Å². The first-order valence-corrected chi connectivity index (χ1v) is 12.4. The van der Waals surface area contributed by atoms with Crippen LogP contribution in [0.25, 0.3) is 10.8 Å². The number of fused-ring (bicyclic) bond motifs is 1. The van der Waals surface area contributed by atoms with E-state index in [0.717, 1.165) is 46.6 Å². The molecule has 4 rings (SSSR count). The maximum Gasteiger partial charge on any atom is 0.410 e. The van der Waals surface area contributed by atoms with E-state index in [9.17, 15) is 4.79 Å². The summed E-state index contributed by atoms with van der Waals surface area (Å²) in [6, 6.07) is 12.3. The fourth-order valence-electron chi connectivity index (χ4n) is 4.93. The zero-order valence-corrected chi connectivity index (χ0v) is 21.6. The fraction of sp³-hybridized carbons (Fsp3) is 0.481. The van der Waals surface area contributed by atoms with E-state index in [1.807, 2.05) is 39.8 Å². The van der Waals surface area contributed by atoms with E-state index >= 15 is 0 Å². The van der Waals surface area contributed by atoms with Gasteiger partial charge in [0.25, 0.3) is 0 Å². The largest absolute Gasteiger partial charge is 0.444 e. The molecule has 1 atom stereocenters. The lowest BCUT2D eigenvalue weighted by atomic mass is 9.97. The third-order valence-electron chi connectivity index (χ3n) is 6.61. The third kappa shape index (κ3) is 5.02. The third-order valence-corrected chi connectivity index (χ3v) is 6.92. The molecule has 0 bridgehead atoms. The van der Waals surface area contributed by atoms with Gasteiger partial charge in [-0.25, -0.2) is 4.79 Å². The number of piperazine rings is 1. The SMILES string of the molecule is CC1=C(C(=N)N2CCN(C(=O)OC(C)(C)C)[C@@H](C)C2)CCN(c2cccc3cccc(Cl)c23)C1. The number of anilines is 1. The quantitative estimate of drug-likeness (QED) is 0.425. The molecule has 0 aliphatic carbocycles. The summed E-state index contributed by atoms with van der Waals surface area (Å²) in [5, 5.41) is 11.9. The molecule has 0 radical (unpaired) electrons. The summed E-state index contributed by atoms with van der Waals surface area (Å²) in [7, 11) is 0. The lowest BCUT2D eigenvalue weighted by Crippen LogP contribution is -2.56. The molecule has 1 N–H and O–H groups in total. The number of carbonyl (C=O) groups excluding carboxylic acids is 1. The molecular formula is C27H35ClN4O2. The van der Waals surface area contributed by atoms with Gasteiger partial charge in [0.2, 0.25) is 0 Å². The van der Waals surface area contributed by atoms with Crippen LogP contribution in [-0.4, -0.2) is 66.1 Å². The number of nitrogens with zero attached hydrogens (tertiary/aromatic N) is 3. The van der Waals surface area contributed by atoms with Gasteiger partial charge in [-0.3, -0.25) is 5.41 Å². The lowest BCUT2D eigenvalue weighted by Gasteiger charge is -2.42. The Labute approximate surface area is 207 Å². The molecular weight excluding hydrogens is 448 g/mol. The number of hydrogen-bond acceptors (Lipinski definition) is 4. The predicted octanol–water partition coefficient (Wildman–Crippen LogP) is 5.94. The second-order valence-electron chi connectivity index (χ2n) is 10.4. The Kier molecular flexibility index (Phi) is 6.81. The van der Waals surface area contributed by atoms with Gasteiger partial charge in [0, 0.05) is 49.8 Å². The second kappa shape index (κ2) is 9.49. The number of nitrogens with one attached hydrogen (secondary N) is 1. The molecule has 0 saturated carbocycles. The fourth-order valence-corrected chi connectivity index (χ4v) is 5.21. The van der Waals surface area contributed by atoms with Gasteiger partial charge in [0.1, 0.15) is 11.4 Å². The summed E-state index contributed by atoms with van der Waals surface area (Å²) in [6.07, 6.45) is 0.537. The number of amides is 1. The van der Waals surface area contributed by atoms with E-state index in [2.05, 4.69) is 41.0 Å². The van der Waals surface area contributed by atoms with Gasteiger partial charge in [0.05, 0.1) is 5.02 Å². The van der Waals surface area contributed by atoms with Gasteiger partial charge < -0.3 is 19.4 Å². The molecule has 1 saturated heterocycles. The molecule has 0 spiro atoms. The van der Waals surface area contributed by atoms with Crippen molar-refractivity contribution in [3.05, 3.63) is 52.6 Å². The minimum Gasteiger partial charge on any atom is -0.444 e. The van der Waals surface area contributed by atoms with Gasteiger partial charge in [0.15, 0.2) is 0 Å². The number of amidine groups is 1. The zero-order chi connectivity index (χ0) is 24.6.